The van der Waals surface area contributed by atoms with E-state index in [0.717, 1.165) is 21.8 Å². The van der Waals surface area contributed by atoms with Crippen LogP contribution in [0.3, 0.4) is 0 Å². The highest BCUT2D eigenvalue weighted by Crippen LogP contribution is 2.26. The predicted molar refractivity (Wildman–Crippen MR) is 75.0 cm³/mol. The first kappa shape index (κ1) is 13.7. The molecule has 0 aliphatic carbocycles. The third-order valence-corrected chi connectivity index (χ3v) is 3.62. The molecule has 0 saturated carbocycles. The molecule has 0 amide bonds. The van der Waals surface area contributed by atoms with Crippen molar-refractivity contribution in [3.05, 3.63) is 35.1 Å². The minimum absolute atomic E-state index is 0.169. The molecule has 0 aromatic carbocycles. The highest BCUT2D eigenvalue weighted by atomic mass is 32.1. The number of ether oxygens (including phenoxy) is 1. The second-order valence-electron chi connectivity index (χ2n) is 4.14. The highest BCUT2D eigenvalue weighted by Gasteiger charge is 2.09. The molecule has 0 atom stereocenters. The molecule has 2 aromatic heterocycles. The number of carbonyl (C=O) groups is 1. The van der Waals surface area contributed by atoms with Crippen molar-refractivity contribution in [1.82, 2.24) is 9.97 Å². The summed E-state index contributed by atoms with van der Waals surface area (Å²) in [5.41, 5.74) is 3.14. The van der Waals surface area contributed by atoms with Crippen LogP contribution in [0.4, 0.5) is 0 Å². The van der Waals surface area contributed by atoms with Crippen molar-refractivity contribution in [3.63, 3.8) is 0 Å². The lowest BCUT2D eigenvalue weighted by atomic mass is 10.2. The van der Waals surface area contributed by atoms with Crippen molar-refractivity contribution >= 4 is 17.3 Å². The van der Waals surface area contributed by atoms with Crippen LogP contribution >= 0.6 is 11.3 Å². The van der Waals surface area contributed by atoms with Crippen molar-refractivity contribution in [2.45, 2.75) is 26.7 Å². The first-order chi connectivity index (χ1) is 9.20. The summed E-state index contributed by atoms with van der Waals surface area (Å²) in [6.45, 7) is 4.25. The lowest BCUT2D eigenvalue weighted by Crippen LogP contribution is -2.05. The van der Waals surface area contributed by atoms with E-state index in [1.165, 1.54) is 0 Å². The van der Waals surface area contributed by atoms with Gasteiger partial charge in [0.1, 0.15) is 5.01 Å². The fraction of sp³-hybridized carbons (Fsp3) is 0.357. The van der Waals surface area contributed by atoms with Gasteiger partial charge in [0.05, 0.1) is 18.7 Å². The Labute approximate surface area is 116 Å². The van der Waals surface area contributed by atoms with Gasteiger partial charge in [-0.1, -0.05) is 0 Å². The average Bonchev–Trinajstić information content (AvgIpc) is 2.86. The van der Waals surface area contributed by atoms with Crippen LogP contribution in [-0.4, -0.2) is 22.5 Å². The van der Waals surface area contributed by atoms with E-state index in [0.29, 0.717) is 19.4 Å². The quantitative estimate of drug-likeness (QED) is 0.788. The third-order valence-electron chi connectivity index (χ3n) is 2.69. The molecule has 5 heteroatoms. The first-order valence-electron chi connectivity index (χ1n) is 6.21. The number of esters is 1. The van der Waals surface area contributed by atoms with Gasteiger partial charge in [-0.25, -0.2) is 4.98 Å². The maximum absolute atomic E-state index is 11.3. The third kappa shape index (κ3) is 3.61. The van der Waals surface area contributed by atoms with Gasteiger partial charge in [-0.2, -0.15) is 0 Å². The SMILES string of the molecule is CCOC(=O)CCc1csc(-c2ccncc2C)n1. The molecular weight excluding hydrogens is 260 g/mol. The van der Waals surface area contributed by atoms with Crippen LogP contribution in [0.2, 0.25) is 0 Å². The van der Waals surface area contributed by atoms with Gasteiger partial charge in [-0.05, 0) is 25.5 Å². The van der Waals surface area contributed by atoms with Crippen molar-refractivity contribution in [3.8, 4) is 10.6 Å². The zero-order valence-electron chi connectivity index (χ0n) is 11.0. The molecule has 0 fully saturated rings. The van der Waals surface area contributed by atoms with Crippen molar-refractivity contribution in [1.29, 1.82) is 0 Å². The van der Waals surface area contributed by atoms with Crippen LogP contribution in [0, 0.1) is 6.92 Å². The predicted octanol–water partition coefficient (Wildman–Crippen LogP) is 3.01. The summed E-state index contributed by atoms with van der Waals surface area (Å²) in [4.78, 5) is 19.9. The maximum Gasteiger partial charge on any atom is 0.306 e. The molecule has 0 saturated heterocycles. The Morgan fingerprint density at radius 3 is 3.05 bits per heavy atom. The molecule has 0 N–H and O–H groups in total. The molecule has 2 rings (SSSR count). The molecule has 0 spiro atoms. The number of nitrogens with zero attached hydrogens (tertiary/aromatic N) is 2. The van der Waals surface area contributed by atoms with Gasteiger partial charge in [0.2, 0.25) is 0 Å². The van der Waals surface area contributed by atoms with Crippen molar-refractivity contribution < 1.29 is 9.53 Å². The van der Waals surface area contributed by atoms with Crippen LogP contribution in [0.25, 0.3) is 10.6 Å². The van der Waals surface area contributed by atoms with Gasteiger partial charge in [0.25, 0.3) is 0 Å². The van der Waals surface area contributed by atoms with Crippen molar-refractivity contribution in [2.24, 2.45) is 0 Å². The Bertz CT molecular complexity index is 566. The fourth-order valence-corrected chi connectivity index (χ4v) is 2.67. The summed E-state index contributed by atoms with van der Waals surface area (Å²) in [6.07, 6.45) is 4.60. The Balaban J connectivity index is 2.04. The number of aryl methyl sites for hydroxylation is 2. The van der Waals surface area contributed by atoms with E-state index in [1.807, 2.05) is 31.5 Å². The Morgan fingerprint density at radius 1 is 1.47 bits per heavy atom. The monoisotopic (exact) mass is 276 g/mol. The van der Waals surface area contributed by atoms with Gasteiger partial charge < -0.3 is 4.74 Å². The fourth-order valence-electron chi connectivity index (χ4n) is 1.72. The molecule has 0 aliphatic heterocycles. The van der Waals surface area contributed by atoms with Crippen LogP contribution in [0.5, 0.6) is 0 Å². The summed E-state index contributed by atoms with van der Waals surface area (Å²) in [7, 11) is 0. The Hall–Kier alpha value is -1.75. The smallest absolute Gasteiger partial charge is 0.306 e. The van der Waals surface area contributed by atoms with Gasteiger partial charge in [-0.3, -0.25) is 9.78 Å². The van der Waals surface area contributed by atoms with Crippen LogP contribution in [-0.2, 0) is 16.0 Å². The average molecular weight is 276 g/mol. The number of aromatic nitrogens is 2. The standard InChI is InChI=1S/C14H16N2O2S/c1-3-18-13(17)5-4-11-9-19-14(16-11)12-6-7-15-8-10(12)2/h6-9H,3-5H2,1-2H3. The number of hydrogen-bond donors (Lipinski definition) is 0. The van der Waals surface area contributed by atoms with Gasteiger partial charge in [0, 0.05) is 29.8 Å². The van der Waals surface area contributed by atoms with Gasteiger partial charge in [-0.15, -0.1) is 11.3 Å². The molecule has 100 valence electrons. The highest BCUT2D eigenvalue weighted by molar-refractivity contribution is 7.13. The topological polar surface area (TPSA) is 52.1 Å². The van der Waals surface area contributed by atoms with Crippen molar-refractivity contribution in [2.75, 3.05) is 6.61 Å². The van der Waals surface area contributed by atoms with E-state index < -0.39 is 0 Å². The van der Waals surface area contributed by atoms with Crippen LogP contribution < -0.4 is 0 Å². The second-order valence-corrected chi connectivity index (χ2v) is 5.00. The van der Waals surface area contributed by atoms with Gasteiger partial charge >= 0.3 is 5.97 Å². The first-order valence-corrected chi connectivity index (χ1v) is 7.09. The summed E-state index contributed by atoms with van der Waals surface area (Å²) in [5.74, 6) is -0.169. The molecular formula is C14H16N2O2S. The Morgan fingerprint density at radius 2 is 2.32 bits per heavy atom. The Kier molecular flexibility index (Phi) is 4.63. The minimum atomic E-state index is -0.169. The normalized spacial score (nSPS) is 10.4. The minimum Gasteiger partial charge on any atom is -0.466 e. The molecule has 19 heavy (non-hydrogen) atoms. The number of carbonyl (C=O) groups excluding carboxylic acids is 1. The molecule has 0 bridgehead atoms. The van der Waals surface area contributed by atoms with Crippen LogP contribution in [0.15, 0.2) is 23.8 Å². The summed E-state index contributed by atoms with van der Waals surface area (Å²) < 4.78 is 4.90. The number of pyridine rings is 1. The molecule has 0 unspecified atom stereocenters. The van der Waals surface area contributed by atoms with E-state index in [4.69, 9.17) is 4.74 Å². The van der Waals surface area contributed by atoms with Crippen LogP contribution in [0.1, 0.15) is 24.6 Å². The number of hydrogen-bond acceptors (Lipinski definition) is 5. The summed E-state index contributed by atoms with van der Waals surface area (Å²) in [5, 5.41) is 2.97. The van der Waals surface area contributed by atoms with E-state index in [-0.39, 0.29) is 5.97 Å². The molecule has 2 aromatic rings. The number of rotatable bonds is 5. The number of thiazole rings is 1. The van der Waals surface area contributed by atoms with E-state index in [2.05, 4.69) is 9.97 Å². The molecule has 0 radical (unpaired) electrons. The zero-order valence-corrected chi connectivity index (χ0v) is 11.9. The second kappa shape index (κ2) is 6.43. The summed E-state index contributed by atoms with van der Waals surface area (Å²) in [6, 6.07) is 1.96. The van der Waals surface area contributed by atoms with E-state index in [9.17, 15) is 4.79 Å². The zero-order chi connectivity index (χ0) is 13.7. The van der Waals surface area contributed by atoms with E-state index >= 15 is 0 Å². The maximum atomic E-state index is 11.3. The lowest BCUT2D eigenvalue weighted by Gasteiger charge is -2.00. The molecule has 2 heterocycles. The molecule has 4 nitrogen and oxygen atoms in total. The lowest BCUT2D eigenvalue weighted by molar-refractivity contribution is -0.143. The van der Waals surface area contributed by atoms with Gasteiger partial charge in [0.15, 0.2) is 0 Å². The summed E-state index contributed by atoms with van der Waals surface area (Å²) >= 11 is 1.59. The molecule has 0 aliphatic rings. The largest absolute Gasteiger partial charge is 0.466 e. The van der Waals surface area contributed by atoms with E-state index in [1.54, 1.807) is 17.5 Å².